The Morgan fingerprint density at radius 2 is 2.23 bits per heavy atom. The second-order valence-electron chi connectivity index (χ2n) is 3.06. The molecule has 0 spiro atoms. The van der Waals surface area contributed by atoms with Crippen molar-refractivity contribution in [1.29, 1.82) is 0 Å². The van der Waals surface area contributed by atoms with Crippen molar-refractivity contribution in [2.24, 2.45) is 5.73 Å². The van der Waals surface area contributed by atoms with Gasteiger partial charge in [0.25, 0.3) is 0 Å². The van der Waals surface area contributed by atoms with Crippen molar-refractivity contribution in [3.8, 4) is 0 Å². The number of rotatable bonds is 3. The minimum Gasteiger partial charge on any atom is -0.324 e. The SMILES string of the molecule is CCC[C@@H](N)c1cc(Cl)ccc1Br. The third kappa shape index (κ3) is 2.97. The van der Waals surface area contributed by atoms with E-state index in [4.69, 9.17) is 17.3 Å². The average Bonchev–Trinajstić information content (AvgIpc) is 2.09. The summed E-state index contributed by atoms with van der Waals surface area (Å²) in [6.45, 7) is 2.12. The summed E-state index contributed by atoms with van der Waals surface area (Å²) in [7, 11) is 0. The van der Waals surface area contributed by atoms with Gasteiger partial charge in [0.2, 0.25) is 0 Å². The summed E-state index contributed by atoms with van der Waals surface area (Å²) in [5, 5.41) is 0.741. The molecule has 2 N–H and O–H groups in total. The first-order chi connectivity index (χ1) is 6.15. The van der Waals surface area contributed by atoms with Gasteiger partial charge in [-0.3, -0.25) is 0 Å². The van der Waals surface area contributed by atoms with Crippen molar-refractivity contribution in [3.63, 3.8) is 0 Å². The van der Waals surface area contributed by atoms with Gasteiger partial charge in [-0.25, -0.2) is 0 Å². The molecule has 0 aliphatic heterocycles. The summed E-state index contributed by atoms with van der Waals surface area (Å²) >= 11 is 9.35. The highest BCUT2D eigenvalue weighted by Crippen LogP contribution is 2.27. The van der Waals surface area contributed by atoms with Crippen molar-refractivity contribution in [3.05, 3.63) is 33.3 Å². The zero-order valence-corrected chi connectivity index (χ0v) is 9.90. The van der Waals surface area contributed by atoms with E-state index in [9.17, 15) is 0 Å². The Labute approximate surface area is 92.4 Å². The largest absolute Gasteiger partial charge is 0.324 e. The summed E-state index contributed by atoms with van der Waals surface area (Å²) in [6, 6.07) is 5.80. The minimum atomic E-state index is 0.0816. The summed E-state index contributed by atoms with van der Waals surface area (Å²) < 4.78 is 1.04. The lowest BCUT2D eigenvalue weighted by molar-refractivity contribution is 0.636. The molecular weight excluding hydrogens is 249 g/mol. The van der Waals surface area contributed by atoms with E-state index in [0.717, 1.165) is 27.9 Å². The monoisotopic (exact) mass is 261 g/mol. The third-order valence-corrected chi connectivity index (χ3v) is 2.91. The first kappa shape index (κ1) is 11.0. The van der Waals surface area contributed by atoms with E-state index in [1.165, 1.54) is 0 Å². The zero-order chi connectivity index (χ0) is 9.84. The van der Waals surface area contributed by atoms with E-state index < -0.39 is 0 Å². The minimum absolute atomic E-state index is 0.0816. The summed E-state index contributed by atoms with van der Waals surface area (Å²) in [5.74, 6) is 0. The molecule has 1 nitrogen and oxygen atoms in total. The van der Waals surface area contributed by atoms with Crippen LogP contribution in [0.25, 0.3) is 0 Å². The number of nitrogens with two attached hydrogens (primary N) is 1. The van der Waals surface area contributed by atoms with Crippen LogP contribution in [-0.2, 0) is 0 Å². The Bertz CT molecular complexity index is 288. The molecule has 0 radical (unpaired) electrons. The third-order valence-electron chi connectivity index (χ3n) is 1.96. The van der Waals surface area contributed by atoms with Gasteiger partial charge in [0.05, 0.1) is 0 Å². The molecule has 1 aromatic carbocycles. The first-order valence-corrected chi connectivity index (χ1v) is 5.52. The number of hydrogen-bond acceptors (Lipinski definition) is 1. The standard InChI is InChI=1S/C10H13BrClN/c1-2-3-10(13)8-6-7(12)4-5-9(8)11/h4-6,10H,2-3,13H2,1H3/t10-/m1/s1. The van der Waals surface area contributed by atoms with Gasteiger partial charge < -0.3 is 5.73 Å². The molecule has 3 heteroatoms. The fourth-order valence-corrected chi connectivity index (χ4v) is 1.99. The molecule has 0 saturated carbocycles. The highest BCUT2D eigenvalue weighted by Gasteiger charge is 2.08. The van der Waals surface area contributed by atoms with E-state index in [2.05, 4.69) is 22.9 Å². The molecule has 1 atom stereocenters. The highest BCUT2D eigenvalue weighted by molar-refractivity contribution is 9.10. The predicted octanol–water partition coefficient (Wildman–Crippen LogP) is 3.90. The van der Waals surface area contributed by atoms with Crippen LogP contribution in [0.3, 0.4) is 0 Å². The lowest BCUT2D eigenvalue weighted by Gasteiger charge is -2.12. The second-order valence-corrected chi connectivity index (χ2v) is 4.35. The molecule has 0 bridgehead atoms. The molecule has 1 rings (SSSR count). The Kier molecular flexibility index (Phi) is 4.23. The highest BCUT2D eigenvalue weighted by atomic mass is 79.9. The Balaban J connectivity index is 2.91. The lowest BCUT2D eigenvalue weighted by Crippen LogP contribution is -2.10. The maximum Gasteiger partial charge on any atom is 0.0410 e. The summed E-state index contributed by atoms with van der Waals surface area (Å²) in [4.78, 5) is 0. The van der Waals surface area contributed by atoms with Gasteiger partial charge in [-0.2, -0.15) is 0 Å². The van der Waals surface area contributed by atoms with Crippen LogP contribution < -0.4 is 5.73 Å². The van der Waals surface area contributed by atoms with Gasteiger partial charge in [-0.05, 0) is 30.2 Å². The summed E-state index contributed by atoms with van der Waals surface area (Å²) in [6.07, 6.45) is 2.07. The molecule has 1 aromatic rings. The van der Waals surface area contributed by atoms with Crippen molar-refractivity contribution < 1.29 is 0 Å². The van der Waals surface area contributed by atoms with Crippen molar-refractivity contribution in [2.75, 3.05) is 0 Å². The molecule has 0 unspecified atom stereocenters. The van der Waals surface area contributed by atoms with Crippen LogP contribution >= 0.6 is 27.5 Å². The van der Waals surface area contributed by atoms with Crippen LogP contribution in [0, 0.1) is 0 Å². The quantitative estimate of drug-likeness (QED) is 0.878. The molecule has 0 fully saturated rings. The molecule has 13 heavy (non-hydrogen) atoms. The number of halogens is 2. The smallest absolute Gasteiger partial charge is 0.0410 e. The van der Waals surface area contributed by atoms with Crippen LogP contribution in [0.15, 0.2) is 22.7 Å². The van der Waals surface area contributed by atoms with E-state index in [1.807, 2.05) is 18.2 Å². The number of benzene rings is 1. The summed E-state index contributed by atoms with van der Waals surface area (Å²) in [5.41, 5.74) is 7.08. The number of hydrogen-bond donors (Lipinski definition) is 1. The average molecular weight is 263 g/mol. The van der Waals surface area contributed by atoms with Crippen LogP contribution in [0.5, 0.6) is 0 Å². The van der Waals surface area contributed by atoms with Crippen molar-refractivity contribution >= 4 is 27.5 Å². The van der Waals surface area contributed by atoms with Gasteiger partial charge in [0, 0.05) is 15.5 Å². The second kappa shape index (κ2) is 4.99. The Morgan fingerprint density at radius 1 is 1.54 bits per heavy atom. The normalized spacial score (nSPS) is 12.9. The van der Waals surface area contributed by atoms with Crippen LogP contribution in [0.2, 0.25) is 5.02 Å². The fraction of sp³-hybridized carbons (Fsp3) is 0.400. The van der Waals surface area contributed by atoms with Gasteiger partial charge in [0.1, 0.15) is 0 Å². The van der Waals surface area contributed by atoms with Gasteiger partial charge in [-0.1, -0.05) is 40.9 Å². The van der Waals surface area contributed by atoms with E-state index in [-0.39, 0.29) is 6.04 Å². The van der Waals surface area contributed by atoms with Gasteiger partial charge in [-0.15, -0.1) is 0 Å². The van der Waals surface area contributed by atoms with Crippen molar-refractivity contribution in [1.82, 2.24) is 0 Å². The van der Waals surface area contributed by atoms with Crippen LogP contribution in [-0.4, -0.2) is 0 Å². The first-order valence-electron chi connectivity index (χ1n) is 4.35. The van der Waals surface area contributed by atoms with E-state index in [1.54, 1.807) is 0 Å². The van der Waals surface area contributed by atoms with E-state index in [0.29, 0.717) is 0 Å². The Morgan fingerprint density at radius 3 is 2.85 bits per heavy atom. The molecular formula is C10H13BrClN. The predicted molar refractivity (Wildman–Crippen MR) is 61.0 cm³/mol. The Hall–Kier alpha value is -0.0500. The van der Waals surface area contributed by atoms with Crippen molar-refractivity contribution in [2.45, 2.75) is 25.8 Å². The molecule has 0 heterocycles. The van der Waals surface area contributed by atoms with Gasteiger partial charge in [0.15, 0.2) is 0 Å². The lowest BCUT2D eigenvalue weighted by atomic mass is 10.0. The molecule has 0 aliphatic carbocycles. The maximum atomic E-state index is 5.99. The van der Waals surface area contributed by atoms with E-state index >= 15 is 0 Å². The maximum absolute atomic E-state index is 5.99. The molecule has 0 amide bonds. The van der Waals surface area contributed by atoms with Crippen LogP contribution in [0.1, 0.15) is 31.4 Å². The fourth-order valence-electron chi connectivity index (χ4n) is 1.27. The molecule has 0 aliphatic rings. The molecule has 72 valence electrons. The van der Waals surface area contributed by atoms with Gasteiger partial charge >= 0.3 is 0 Å². The molecule has 0 saturated heterocycles. The topological polar surface area (TPSA) is 26.0 Å². The molecule has 0 aromatic heterocycles. The van der Waals surface area contributed by atoms with Crippen LogP contribution in [0.4, 0.5) is 0 Å². The zero-order valence-electron chi connectivity index (χ0n) is 7.56.